The lowest BCUT2D eigenvalue weighted by molar-refractivity contribution is 0.0239. The van der Waals surface area contributed by atoms with Crippen molar-refractivity contribution in [2.45, 2.75) is 97.2 Å². The molecule has 0 aromatic carbocycles. The number of H-pyrrole nitrogens is 1. The van der Waals surface area contributed by atoms with Crippen molar-refractivity contribution in [1.29, 1.82) is 0 Å². The number of amides is 1. The highest BCUT2D eigenvalue weighted by atomic mass is 32.1. The highest BCUT2D eigenvalue weighted by Gasteiger charge is 2.66. The fraction of sp³-hybridized carbons (Fsp3) is 0.594. The lowest BCUT2D eigenvalue weighted by Crippen LogP contribution is -2.54. The van der Waals surface area contributed by atoms with Crippen LogP contribution in [0.2, 0.25) is 0 Å². The molecule has 0 bridgehead atoms. The first-order valence-corrected chi connectivity index (χ1v) is 15.8. The van der Waals surface area contributed by atoms with Crippen LogP contribution in [0.3, 0.4) is 0 Å². The number of nitrogens with one attached hydrogen (secondary N) is 1. The van der Waals surface area contributed by atoms with Crippen molar-refractivity contribution in [3.05, 3.63) is 72.1 Å². The van der Waals surface area contributed by atoms with E-state index in [2.05, 4.69) is 52.7 Å². The maximum Gasteiger partial charge on any atom is 0.255 e. The lowest BCUT2D eigenvalue weighted by Gasteiger charge is -2.47. The second kappa shape index (κ2) is 9.15. The normalized spacial score (nSPS) is 28.7. The molecule has 1 spiro atoms. The van der Waals surface area contributed by atoms with Gasteiger partial charge in [-0.25, -0.2) is 0 Å². The van der Waals surface area contributed by atoms with Crippen LogP contribution >= 0.6 is 11.3 Å². The van der Waals surface area contributed by atoms with Gasteiger partial charge in [0.25, 0.3) is 11.5 Å². The third-order valence-corrected chi connectivity index (χ3v) is 12.5. The van der Waals surface area contributed by atoms with Crippen LogP contribution in [-0.2, 0) is 18.4 Å². The standard InChI is InChI=1S/C32H41N5O2S/c1-19-14-21(3)33-29(38)25(19)17-35-12-9-26-27(30(35)39)22(4)28(40-26)31(5)18-32(31)10-6-23(7-11-32)36-15-24(16-36)37-13-8-20(2)34-37/h8,13-14,23-24H,6-7,9-12,15-18H2,1-5H3,(H,33,38)/t23-,31-,32-/m1/s1. The molecule has 1 amide bonds. The predicted octanol–water partition coefficient (Wildman–Crippen LogP) is 5.21. The smallest absolute Gasteiger partial charge is 0.255 e. The molecular formula is C32H41N5O2S. The first-order valence-electron chi connectivity index (χ1n) is 15.0. The fourth-order valence-electron chi connectivity index (χ4n) is 8.26. The van der Waals surface area contributed by atoms with Crippen molar-refractivity contribution in [3.63, 3.8) is 0 Å². The van der Waals surface area contributed by atoms with Crippen molar-refractivity contribution >= 4 is 17.2 Å². The Morgan fingerprint density at radius 3 is 2.52 bits per heavy atom. The van der Waals surface area contributed by atoms with Crippen LogP contribution in [-0.4, -0.2) is 56.1 Å². The summed E-state index contributed by atoms with van der Waals surface area (Å²) in [6.07, 6.45) is 9.38. The molecular weight excluding hydrogens is 518 g/mol. The fourth-order valence-corrected chi connectivity index (χ4v) is 9.82. The molecule has 212 valence electrons. The Kier molecular flexibility index (Phi) is 5.99. The first-order chi connectivity index (χ1) is 19.1. The summed E-state index contributed by atoms with van der Waals surface area (Å²) in [5, 5.41) is 4.62. The van der Waals surface area contributed by atoms with Crippen LogP contribution in [0.1, 0.15) is 93.3 Å². The van der Waals surface area contributed by atoms with E-state index in [4.69, 9.17) is 0 Å². The minimum absolute atomic E-state index is 0.0768. The Morgan fingerprint density at radius 1 is 1.10 bits per heavy atom. The highest BCUT2D eigenvalue weighted by Crippen LogP contribution is 2.72. The molecule has 0 radical (unpaired) electrons. The number of likely N-dealkylation sites (tertiary alicyclic amines) is 1. The first kappa shape index (κ1) is 26.2. The molecule has 0 unspecified atom stereocenters. The van der Waals surface area contributed by atoms with Gasteiger partial charge in [-0.1, -0.05) is 6.92 Å². The van der Waals surface area contributed by atoms with Gasteiger partial charge >= 0.3 is 0 Å². The van der Waals surface area contributed by atoms with Gasteiger partial charge in [-0.15, -0.1) is 11.3 Å². The second-order valence-corrected chi connectivity index (χ2v) is 14.4. The maximum absolute atomic E-state index is 13.8. The van der Waals surface area contributed by atoms with Crippen LogP contribution in [0.5, 0.6) is 0 Å². The third kappa shape index (κ3) is 3.97. The van der Waals surface area contributed by atoms with Crippen molar-refractivity contribution in [1.82, 2.24) is 24.6 Å². The number of aryl methyl sites for hydroxylation is 3. The van der Waals surface area contributed by atoms with Gasteiger partial charge in [-0.2, -0.15) is 5.10 Å². The van der Waals surface area contributed by atoms with E-state index in [-0.39, 0.29) is 16.9 Å². The Hall–Kier alpha value is -2.71. The second-order valence-electron chi connectivity index (χ2n) is 13.3. The number of nitrogens with zero attached hydrogens (tertiary/aromatic N) is 4. The van der Waals surface area contributed by atoms with Crippen LogP contribution in [0, 0.1) is 33.1 Å². The van der Waals surface area contributed by atoms with Crippen LogP contribution in [0.15, 0.2) is 23.1 Å². The van der Waals surface area contributed by atoms with E-state index in [1.54, 1.807) is 0 Å². The molecule has 8 heteroatoms. The molecule has 3 fully saturated rings. The number of carbonyl (C=O) groups excluding carboxylic acids is 1. The van der Waals surface area contributed by atoms with Gasteiger partial charge in [0, 0.05) is 64.7 Å². The topological polar surface area (TPSA) is 74.2 Å². The average Bonchev–Trinajstić information content (AvgIpc) is 3.14. The van der Waals surface area contributed by atoms with Gasteiger partial charge in [0.15, 0.2) is 0 Å². The Morgan fingerprint density at radius 2 is 1.85 bits per heavy atom. The summed E-state index contributed by atoms with van der Waals surface area (Å²) in [6, 6.07) is 5.32. The Labute approximate surface area is 240 Å². The molecule has 2 saturated carbocycles. The summed E-state index contributed by atoms with van der Waals surface area (Å²) in [6.45, 7) is 13.9. The number of aromatic nitrogens is 3. The minimum Gasteiger partial charge on any atom is -0.334 e. The van der Waals surface area contributed by atoms with Gasteiger partial charge in [-0.05, 0) is 88.5 Å². The number of aromatic amines is 1. The number of pyridine rings is 1. The monoisotopic (exact) mass is 559 g/mol. The Balaban J connectivity index is 1.03. The van der Waals surface area contributed by atoms with E-state index in [9.17, 15) is 9.59 Å². The molecule has 1 N–H and O–H groups in total. The molecule has 4 aliphatic rings. The summed E-state index contributed by atoms with van der Waals surface area (Å²) in [4.78, 5) is 36.6. The zero-order valence-corrected chi connectivity index (χ0v) is 25.3. The molecule has 3 aromatic heterocycles. The molecule has 7 rings (SSSR count). The van der Waals surface area contributed by atoms with Crippen LogP contribution in [0.4, 0.5) is 0 Å². The van der Waals surface area contributed by atoms with E-state index in [0.29, 0.717) is 36.2 Å². The SMILES string of the molecule is Cc1ccn(C2CN([C@H]3CC[C@]4(CC3)C[C@]4(C)c3sc4c(c3C)C(=O)N(Cc3c(C)cc(C)[nH]c3=O)CC4)C2)n1. The largest absolute Gasteiger partial charge is 0.334 e. The number of rotatable bonds is 5. The van der Waals surface area contributed by atoms with Crippen molar-refractivity contribution < 1.29 is 4.79 Å². The maximum atomic E-state index is 13.8. The quantitative estimate of drug-likeness (QED) is 0.466. The summed E-state index contributed by atoms with van der Waals surface area (Å²) in [5.74, 6) is 0.0994. The number of hydrogen-bond donors (Lipinski definition) is 1. The zero-order chi connectivity index (χ0) is 28.0. The van der Waals surface area contributed by atoms with E-state index in [1.807, 2.05) is 36.2 Å². The summed E-state index contributed by atoms with van der Waals surface area (Å²) in [5.41, 5.74) is 6.23. The van der Waals surface area contributed by atoms with Gasteiger partial charge < -0.3 is 9.88 Å². The molecule has 3 aromatic rings. The van der Waals surface area contributed by atoms with Crippen molar-refractivity contribution in [3.8, 4) is 0 Å². The molecule has 7 nitrogen and oxygen atoms in total. The molecule has 2 aliphatic carbocycles. The molecule has 40 heavy (non-hydrogen) atoms. The van der Waals surface area contributed by atoms with Crippen molar-refractivity contribution in [2.75, 3.05) is 19.6 Å². The molecule has 2 aliphatic heterocycles. The molecule has 5 heterocycles. The third-order valence-electron chi connectivity index (χ3n) is 10.8. The summed E-state index contributed by atoms with van der Waals surface area (Å²) < 4.78 is 2.15. The predicted molar refractivity (Wildman–Crippen MR) is 158 cm³/mol. The summed E-state index contributed by atoms with van der Waals surface area (Å²) in [7, 11) is 0. The number of hydrogen-bond acceptors (Lipinski definition) is 5. The van der Waals surface area contributed by atoms with Gasteiger partial charge in [0.1, 0.15) is 0 Å². The van der Waals surface area contributed by atoms with Gasteiger partial charge in [0.05, 0.1) is 23.8 Å². The molecule has 1 saturated heterocycles. The van der Waals surface area contributed by atoms with E-state index < -0.39 is 0 Å². The number of fused-ring (bicyclic) bond motifs is 1. The minimum atomic E-state index is -0.0768. The van der Waals surface area contributed by atoms with E-state index in [0.717, 1.165) is 42.0 Å². The van der Waals surface area contributed by atoms with Crippen LogP contribution in [0.25, 0.3) is 0 Å². The van der Waals surface area contributed by atoms with Crippen LogP contribution < -0.4 is 5.56 Å². The van der Waals surface area contributed by atoms with Gasteiger partial charge in [0.2, 0.25) is 0 Å². The van der Waals surface area contributed by atoms with Gasteiger partial charge in [-0.3, -0.25) is 19.2 Å². The average molecular weight is 560 g/mol. The Bertz CT molecular complexity index is 1550. The van der Waals surface area contributed by atoms with E-state index >= 15 is 0 Å². The number of thiophene rings is 1. The van der Waals surface area contributed by atoms with Crippen molar-refractivity contribution in [2.24, 2.45) is 5.41 Å². The van der Waals surface area contributed by atoms with E-state index in [1.165, 1.54) is 47.4 Å². The number of carbonyl (C=O) groups is 1. The molecule has 1 atom stereocenters. The summed E-state index contributed by atoms with van der Waals surface area (Å²) >= 11 is 1.91. The zero-order valence-electron chi connectivity index (χ0n) is 24.5. The lowest BCUT2D eigenvalue weighted by atomic mass is 9.76. The highest BCUT2D eigenvalue weighted by molar-refractivity contribution is 7.12.